The summed E-state index contributed by atoms with van der Waals surface area (Å²) in [5.74, 6) is 1.98. The first kappa shape index (κ1) is 11.9. The van der Waals surface area contributed by atoms with Gasteiger partial charge in [0.2, 0.25) is 0 Å². The van der Waals surface area contributed by atoms with Crippen molar-refractivity contribution in [3.63, 3.8) is 0 Å². The maximum atomic E-state index is 4.52. The van der Waals surface area contributed by atoms with Crippen molar-refractivity contribution >= 4 is 21.7 Å². The minimum atomic E-state index is 0.506. The van der Waals surface area contributed by atoms with E-state index < -0.39 is 0 Å². The van der Waals surface area contributed by atoms with Gasteiger partial charge in [0, 0.05) is 18.8 Å². The van der Waals surface area contributed by atoms with Gasteiger partial charge in [-0.15, -0.1) is 0 Å². The molecule has 1 aliphatic rings. The third-order valence-electron chi connectivity index (χ3n) is 3.11. The van der Waals surface area contributed by atoms with E-state index in [4.69, 9.17) is 0 Å². The maximum absolute atomic E-state index is 4.52. The number of hydrogen-bond donors (Lipinski definition) is 0. The first-order valence-electron chi connectivity index (χ1n) is 5.97. The van der Waals surface area contributed by atoms with Crippen LogP contribution in [0.15, 0.2) is 16.7 Å². The summed E-state index contributed by atoms with van der Waals surface area (Å²) in [7, 11) is 0. The second-order valence-corrected chi connectivity index (χ2v) is 5.75. The minimum Gasteiger partial charge on any atom is -0.353 e. The molecule has 2 nitrogen and oxygen atoms in total. The van der Waals surface area contributed by atoms with E-state index in [2.05, 4.69) is 46.6 Å². The third kappa shape index (κ3) is 2.57. The van der Waals surface area contributed by atoms with Crippen molar-refractivity contribution < 1.29 is 0 Å². The Morgan fingerprint density at radius 2 is 2.19 bits per heavy atom. The predicted octanol–water partition coefficient (Wildman–Crippen LogP) is 3.78. The van der Waals surface area contributed by atoms with E-state index in [1.807, 2.05) is 12.3 Å². The summed E-state index contributed by atoms with van der Waals surface area (Å²) in [6.07, 6.45) is 4.66. The van der Waals surface area contributed by atoms with Crippen LogP contribution in [-0.4, -0.2) is 17.6 Å². The Morgan fingerprint density at radius 3 is 2.75 bits per heavy atom. The molecule has 16 heavy (non-hydrogen) atoms. The SMILES string of the molecule is Cc1ccnc(N(CC2CC2)C(C)C)c1Br. The second-order valence-electron chi connectivity index (χ2n) is 4.95. The van der Waals surface area contributed by atoms with Crippen molar-refractivity contribution in [3.05, 3.63) is 22.3 Å². The van der Waals surface area contributed by atoms with Crippen LogP contribution in [0, 0.1) is 12.8 Å². The number of aryl methyl sites for hydroxylation is 1. The highest BCUT2D eigenvalue weighted by Crippen LogP contribution is 2.34. The van der Waals surface area contributed by atoms with Gasteiger partial charge in [0.05, 0.1) is 4.47 Å². The maximum Gasteiger partial charge on any atom is 0.143 e. The van der Waals surface area contributed by atoms with E-state index in [1.165, 1.54) is 18.4 Å². The Kier molecular flexibility index (Phi) is 3.53. The molecule has 0 unspecified atom stereocenters. The molecule has 1 aromatic rings. The molecule has 0 radical (unpaired) electrons. The summed E-state index contributed by atoms with van der Waals surface area (Å²) in [6, 6.07) is 2.55. The van der Waals surface area contributed by atoms with Crippen molar-refractivity contribution in [2.45, 2.75) is 39.7 Å². The molecule has 88 valence electrons. The average molecular weight is 283 g/mol. The molecule has 0 amide bonds. The normalized spacial score (nSPS) is 15.6. The first-order valence-corrected chi connectivity index (χ1v) is 6.76. The summed E-state index contributed by atoms with van der Waals surface area (Å²) in [4.78, 5) is 6.93. The predicted molar refractivity (Wildman–Crippen MR) is 71.9 cm³/mol. The molecule has 0 bridgehead atoms. The molecule has 1 aliphatic carbocycles. The largest absolute Gasteiger partial charge is 0.353 e. The summed E-state index contributed by atoms with van der Waals surface area (Å²) in [6.45, 7) is 7.73. The molecule has 1 aromatic heterocycles. The lowest BCUT2D eigenvalue weighted by atomic mass is 10.2. The molecule has 0 aromatic carbocycles. The third-order valence-corrected chi connectivity index (χ3v) is 4.09. The van der Waals surface area contributed by atoms with Gasteiger partial charge in [-0.05, 0) is 67.1 Å². The molecule has 1 fully saturated rings. The molecule has 0 N–H and O–H groups in total. The van der Waals surface area contributed by atoms with Crippen molar-refractivity contribution in [2.24, 2.45) is 5.92 Å². The molecule has 0 saturated heterocycles. The van der Waals surface area contributed by atoms with E-state index >= 15 is 0 Å². The van der Waals surface area contributed by atoms with Gasteiger partial charge in [-0.2, -0.15) is 0 Å². The van der Waals surface area contributed by atoms with E-state index in [1.54, 1.807) is 0 Å². The van der Waals surface area contributed by atoms with Crippen LogP contribution in [0.5, 0.6) is 0 Å². The number of nitrogens with zero attached hydrogens (tertiary/aromatic N) is 2. The van der Waals surface area contributed by atoms with Gasteiger partial charge in [-0.3, -0.25) is 0 Å². The first-order chi connectivity index (χ1) is 7.59. The van der Waals surface area contributed by atoms with E-state index in [9.17, 15) is 0 Å². The van der Waals surface area contributed by atoms with Crippen LogP contribution in [0.4, 0.5) is 5.82 Å². The molecule has 1 heterocycles. The van der Waals surface area contributed by atoms with Gasteiger partial charge in [0.15, 0.2) is 0 Å². The summed E-state index contributed by atoms with van der Waals surface area (Å²) in [5.41, 5.74) is 1.26. The molecule has 0 atom stereocenters. The van der Waals surface area contributed by atoms with Crippen LogP contribution >= 0.6 is 15.9 Å². The lowest BCUT2D eigenvalue weighted by molar-refractivity contribution is 0.635. The smallest absolute Gasteiger partial charge is 0.143 e. The van der Waals surface area contributed by atoms with Gasteiger partial charge >= 0.3 is 0 Å². The number of anilines is 1. The minimum absolute atomic E-state index is 0.506. The lowest BCUT2D eigenvalue weighted by Gasteiger charge is -2.29. The molecule has 0 spiro atoms. The quantitative estimate of drug-likeness (QED) is 0.836. The fraction of sp³-hybridized carbons (Fsp3) is 0.615. The molecular weight excluding hydrogens is 264 g/mol. The molecule has 3 heteroatoms. The van der Waals surface area contributed by atoms with Crippen molar-refractivity contribution in [1.29, 1.82) is 0 Å². The Morgan fingerprint density at radius 1 is 1.50 bits per heavy atom. The van der Waals surface area contributed by atoms with E-state index in [0.29, 0.717) is 6.04 Å². The van der Waals surface area contributed by atoms with Crippen LogP contribution in [0.1, 0.15) is 32.3 Å². The molecular formula is C13H19BrN2. The Hall–Kier alpha value is -0.570. The zero-order valence-electron chi connectivity index (χ0n) is 10.2. The van der Waals surface area contributed by atoms with Gasteiger partial charge in [0.25, 0.3) is 0 Å². The molecule has 2 rings (SSSR count). The standard InChI is InChI=1S/C13H19BrN2/c1-9(2)16(8-11-4-5-11)13-12(14)10(3)6-7-15-13/h6-7,9,11H,4-5,8H2,1-3H3. The summed E-state index contributed by atoms with van der Waals surface area (Å²) >= 11 is 3.66. The Labute approximate surface area is 106 Å². The monoisotopic (exact) mass is 282 g/mol. The fourth-order valence-electron chi connectivity index (χ4n) is 1.85. The summed E-state index contributed by atoms with van der Waals surface area (Å²) < 4.78 is 1.14. The molecule has 1 saturated carbocycles. The molecule has 0 aliphatic heterocycles. The van der Waals surface area contributed by atoms with Gasteiger partial charge in [0.1, 0.15) is 5.82 Å². The zero-order chi connectivity index (χ0) is 11.7. The fourth-order valence-corrected chi connectivity index (χ4v) is 2.31. The van der Waals surface area contributed by atoms with Gasteiger partial charge < -0.3 is 4.90 Å². The van der Waals surface area contributed by atoms with Crippen molar-refractivity contribution in [1.82, 2.24) is 4.98 Å². The van der Waals surface area contributed by atoms with Crippen LogP contribution in [0.25, 0.3) is 0 Å². The highest BCUT2D eigenvalue weighted by atomic mass is 79.9. The Balaban J connectivity index is 2.26. The number of pyridine rings is 1. The number of aromatic nitrogens is 1. The zero-order valence-corrected chi connectivity index (χ0v) is 11.8. The van der Waals surface area contributed by atoms with Crippen molar-refractivity contribution in [2.75, 3.05) is 11.4 Å². The lowest BCUT2D eigenvalue weighted by Crippen LogP contribution is -2.33. The van der Waals surface area contributed by atoms with Crippen LogP contribution in [-0.2, 0) is 0 Å². The van der Waals surface area contributed by atoms with Gasteiger partial charge in [-0.25, -0.2) is 4.98 Å². The highest BCUT2D eigenvalue weighted by molar-refractivity contribution is 9.10. The highest BCUT2D eigenvalue weighted by Gasteiger charge is 2.27. The van der Waals surface area contributed by atoms with Crippen LogP contribution < -0.4 is 4.90 Å². The second kappa shape index (κ2) is 4.74. The number of halogens is 1. The average Bonchev–Trinajstić information content (AvgIpc) is 3.03. The van der Waals surface area contributed by atoms with E-state index in [0.717, 1.165) is 22.8 Å². The van der Waals surface area contributed by atoms with E-state index in [-0.39, 0.29) is 0 Å². The number of hydrogen-bond acceptors (Lipinski definition) is 2. The number of rotatable bonds is 4. The van der Waals surface area contributed by atoms with Crippen molar-refractivity contribution in [3.8, 4) is 0 Å². The van der Waals surface area contributed by atoms with Crippen LogP contribution in [0.2, 0.25) is 0 Å². The van der Waals surface area contributed by atoms with Gasteiger partial charge in [-0.1, -0.05) is 0 Å². The Bertz CT molecular complexity index is 372. The topological polar surface area (TPSA) is 16.1 Å². The van der Waals surface area contributed by atoms with Crippen LogP contribution in [0.3, 0.4) is 0 Å². The summed E-state index contributed by atoms with van der Waals surface area (Å²) in [5, 5.41) is 0.